The number of fused-ring (bicyclic) bond motifs is 1. The predicted molar refractivity (Wildman–Crippen MR) is 143 cm³/mol. The number of aromatic nitrogens is 3. The summed E-state index contributed by atoms with van der Waals surface area (Å²) in [4.78, 5) is 21.2. The maximum Gasteiger partial charge on any atom is 0.253 e. The lowest BCUT2D eigenvalue weighted by Crippen LogP contribution is -2.57. The Labute approximate surface area is 219 Å². The Morgan fingerprint density at radius 1 is 1.05 bits per heavy atom. The highest BCUT2D eigenvalue weighted by Crippen LogP contribution is 2.36. The van der Waals surface area contributed by atoms with Crippen LogP contribution in [-0.2, 0) is 5.60 Å². The number of rotatable bonds is 5. The van der Waals surface area contributed by atoms with Gasteiger partial charge in [-0.25, -0.2) is 4.52 Å². The first kappa shape index (κ1) is 23.7. The zero-order valence-electron chi connectivity index (χ0n) is 20.2. The summed E-state index contributed by atoms with van der Waals surface area (Å²) in [6, 6.07) is 18.8. The molecule has 4 aromatic rings. The van der Waals surface area contributed by atoms with Gasteiger partial charge in [-0.15, -0.1) is 5.10 Å². The lowest BCUT2D eigenvalue weighted by Gasteiger charge is -2.39. The van der Waals surface area contributed by atoms with Gasteiger partial charge in [0.25, 0.3) is 5.91 Å². The van der Waals surface area contributed by atoms with Crippen molar-refractivity contribution in [2.24, 2.45) is 5.73 Å². The van der Waals surface area contributed by atoms with Gasteiger partial charge in [0.05, 0.1) is 11.3 Å². The fourth-order valence-corrected chi connectivity index (χ4v) is 5.17. The molecular formula is C27H28ClN7O2. The number of halogens is 1. The highest BCUT2D eigenvalue weighted by Gasteiger charge is 2.34. The minimum Gasteiger partial charge on any atom is -0.385 e. The molecule has 0 unspecified atom stereocenters. The Balaban J connectivity index is 1.16. The maximum absolute atomic E-state index is 12.5. The summed E-state index contributed by atoms with van der Waals surface area (Å²) in [5, 5.41) is 19.7. The third-order valence-electron chi connectivity index (χ3n) is 7.24. The van der Waals surface area contributed by atoms with Crippen LogP contribution in [0.25, 0.3) is 5.65 Å². The van der Waals surface area contributed by atoms with Crippen LogP contribution in [0.15, 0.2) is 66.9 Å². The Kier molecular flexibility index (Phi) is 5.98. The molecule has 2 aliphatic rings. The smallest absolute Gasteiger partial charge is 0.253 e. The van der Waals surface area contributed by atoms with E-state index < -0.39 is 5.60 Å². The monoisotopic (exact) mass is 517 g/mol. The van der Waals surface area contributed by atoms with Gasteiger partial charge in [0.15, 0.2) is 5.65 Å². The number of nitrogens with zero attached hydrogens (tertiary/aromatic N) is 5. The van der Waals surface area contributed by atoms with Crippen molar-refractivity contribution in [1.82, 2.24) is 19.5 Å². The molecule has 0 atom stereocenters. The summed E-state index contributed by atoms with van der Waals surface area (Å²) in [5.74, 6) is 0.461. The predicted octanol–water partition coefficient (Wildman–Crippen LogP) is 3.40. The number of aliphatic hydroxyl groups is 1. The van der Waals surface area contributed by atoms with E-state index in [0.29, 0.717) is 55.6 Å². The first-order valence-electron chi connectivity index (χ1n) is 12.4. The van der Waals surface area contributed by atoms with Crippen molar-refractivity contribution in [1.29, 1.82) is 0 Å². The van der Waals surface area contributed by atoms with E-state index in [1.54, 1.807) is 21.5 Å². The number of benzene rings is 2. The van der Waals surface area contributed by atoms with Gasteiger partial charge in [-0.05, 0) is 66.9 Å². The number of hydrogen-bond acceptors (Lipinski definition) is 7. The van der Waals surface area contributed by atoms with Crippen LogP contribution in [-0.4, -0.2) is 62.7 Å². The Morgan fingerprint density at radius 3 is 2.43 bits per heavy atom. The van der Waals surface area contributed by atoms with Crippen LogP contribution in [0.5, 0.6) is 0 Å². The normalized spacial score (nSPS) is 17.6. The molecule has 4 heterocycles. The van der Waals surface area contributed by atoms with E-state index in [1.807, 2.05) is 54.7 Å². The van der Waals surface area contributed by atoms with Crippen molar-refractivity contribution < 1.29 is 9.90 Å². The number of hydrogen-bond donors (Lipinski definition) is 3. The third-order valence-corrected chi connectivity index (χ3v) is 7.49. The topological polar surface area (TPSA) is 112 Å². The molecule has 2 aliphatic heterocycles. The van der Waals surface area contributed by atoms with Crippen molar-refractivity contribution >= 4 is 40.5 Å². The Bertz CT molecular complexity index is 1420. The number of likely N-dealkylation sites (tertiary alicyclic amines) is 1. The molecule has 10 heteroatoms. The number of nitrogens with one attached hydrogen (secondary N) is 1. The highest BCUT2D eigenvalue weighted by atomic mass is 35.5. The summed E-state index contributed by atoms with van der Waals surface area (Å²) < 4.78 is 1.75. The number of pyridine rings is 1. The standard InChI is InChI=1S/C27H28ClN7O2/c28-20-7-5-19(6-8-20)27(37)11-14-33(15-12-27)23-2-1-13-35-24(23)31-26(32-35)30-22-9-3-18(4-10-22)25(36)34-16-21(29)17-34/h1-10,13,21,37H,11-12,14-17,29H2,(H,30,32). The lowest BCUT2D eigenvalue weighted by molar-refractivity contribution is 0.0118. The van der Waals surface area contributed by atoms with Gasteiger partial charge in [-0.2, -0.15) is 4.98 Å². The summed E-state index contributed by atoms with van der Waals surface area (Å²) in [5.41, 5.74) is 8.94. The fourth-order valence-electron chi connectivity index (χ4n) is 5.04. The number of carbonyl (C=O) groups is 1. The van der Waals surface area contributed by atoms with Crippen molar-refractivity contribution in [3.63, 3.8) is 0 Å². The number of anilines is 3. The number of nitrogens with two attached hydrogens (primary N) is 1. The van der Waals surface area contributed by atoms with Crippen LogP contribution in [0.3, 0.4) is 0 Å². The van der Waals surface area contributed by atoms with Crippen LogP contribution in [0.1, 0.15) is 28.8 Å². The molecule has 0 bridgehead atoms. The molecule has 1 amide bonds. The van der Waals surface area contributed by atoms with E-state index in [2.05, 4.69) is 15.3 Å². The lowest BCUT2D eigenvalue weighted by atomic mass is 9.84. The summed E-state index contributed by atoms with van der Waals surface area (Å²) in [7, 11) is 0. The quantitative estimate of drug-likeness (QED) is 0.372. The molecule has 0 aliphatic carbocycles. The molecule has 4 N–H and O–H groups in total. The summed E-state index contributed by atoms with van der Waals surface area (Å²) in [6.07, 6.45) is 3.07. The second-order valence-corrected chi connectivity index (χ2v) is 10.2. The first-order chi connectivity index (χ1) is 17.9. The molecule has 0 spiro atoms. The zero-order chi connectivity index (χ0) is 25.6. The van der Waals surface area contributed by atoms with Gasteiger partial charge >= 0.3 is 0 Å². The van der Waals surface area contributed by atoms with E-state index in [4.69, 9.17) is 22.3 Å². The molecule has 0 saturated carbocycles. The van der Waals surface area contributed by atoms with Gasteiger partial charge in [-0.3, -0.25) is 4.79 Å². The van der Waals surface area contributed by atoms with Crippen LogP contribution in [0.2, 0.25) is 5.02 Å². The SMILES string of the molecule is NC1CN(C(=O)c2ccc(Nc3nc4c(N5CCC(O)(c6ccc(Cl)cc6)CC5)cccn4n3)cc2)C1. The second-order valence-electron chi connectivity index (χ2n) is 9.80. The van der Waals surface area contributed by atoms with Crippen molar-refractivity contribution in [3.05, 3.63) is 83.0 Å². The second kappa shape index (κ2) is 9.33. The van der Waals surface area contributed by atoms with Gasteiger partial charge < -0.3 is 26.0 Å². The largest absolute Gasteiger partial charge is 0.385 e. The molecule has 190 valence electrons. The molecule has 37 heavy (non-hydrogen) atoms. The van der Waals surface area contributed by atoms with Gasteiger partial charge in [0.1, 0.15) is 0 Å². The molecule has 0 radical (unpaired) electrons. The van der Waals surface area contributed by atoms with Crippen LogP contribution < -0.4 is 16.0 Å². The fraction of sp³-hybridized carbons (Fsp3) is 0.296. The molecule has 2 aromatic heterocycles. The Hall–Kier alpha value is -3.66. The minimum atomic E-state index is -0.873. The molecular weight excluding hydrogens is 490 g/mol. The van der Waals surface area contributed by atoms with Crippen molar-refractivity contribution in [3.8, 4) is 0 Å². The summed E-state index contributed by atoms with van der Waals surface area (Å²) >= 11 is 6.02. The van der Waals surface area contributed by atoms with E-state index in [9.17, 15) is 9.90 Å². The number of amides is 1. The van der Waals surface area contributed by atoms with E-state index in [1.165, 1.54) is 0 Å². The maximum atomic E-state index is 12.5. The molecule has 2 aromatic carbocycles. The van der Waals surface area contributed by atoms with E-state index in [-0.39, 0.29) is 11.9 Å². The van der Waals surface area contributed by atoms with Crippen LogP contribution in [0, 0.1) is 0 Å². The van der Waals surface area contributed by atoms with E-state index >= 15 is 0 Å². The van der Waals surface area contributed by atoms with Crippen molar-refractivity contribution in [2.75, 3.05) is 36.4 Å². The summed E-state index contributed by atoms with van der Waals surface area (Å²) in [6.45, 7) is 2.57. The average molecular weight is 518 g/mol. The van der Waals surface area contributed by atoms with E-state index in [0.717, 1.165) is 22.6 Å². The average Bonchev–Trinajstić information content (AvgIpc) is 3.30. The molecule has 2 saturated heterocycles. The van der Waals surface area contributed by atoms with Crippen LogP contribution in [0.4, 0.5) is 17.3 Å². The zero-order valence-corrected chi connectivity index (χ0v) is 21.0. The Morgan fingerprint density at radius 2 is 1.76 bits per heavy atom. The number of carbonyl (C=O) groups excluding carboxylic acids is 1. The molecule has 6 rings (SSSR count). The minimum absolute atomic E-state index is 0.00626. The highest BCUT2D eigenvalue weighted by molar-refractivity contribution is 6.30. The van der Waals surface area contributed by atoms with Gasteiger partial charge in [0, 0.05) is 54.7 Å². The third kappa shape index (κ3) is 4.61. The number of piperidine rings is 1. The first-order valence-corrected chi connectivity index (χ1v) is 12.8. The van der Waals surface area contributed by atoms with Crippen molar-refractivity contribution in [2.45, 2.75) is 24.5 Å². The molecule has 2 fully saturated rings. The molecule has 9 nitrogen and oxygen atoms in total. The van der Waals surface area contributed by atoms with Gasteiger partial charge in [0.2, 0.25) is 5.95 Å². The van der Waals surface area contributed by atoms with Crippen LogP contribution >= 0.6 is 11.6 Å². The van der Waals surface area contributed by atoms with Gasteiger partial charge in [-0.1, -0.05) is 23.7 Å².